The molecule has 1 aliphatic rings. The third-order valence-electron chi connectivity index (χ3n) is 7.33. The summed E-state index contributed by atoms with van der Waals surface area (Å²) in [6.07, 6.45) is 9.96. The standard InChI is InChI=1S/C37H46O2/c1-14-23-16-15-17-24(18-23)31(25-19-27(34(2,3)4)32(38)28(20-25)35(5,6)7)26-21-29(36(8,9)10)33(39)30(22-26)37(11,12)13/h1,15-22,38H,2-13H3. The van der Waals surface area contributed by atoms with Crippen LogP contribution in [-0.4, -0.2) is 10.9 Å². The first-order valence-electron chi connectivity index (χ1n) is 13.8. The summed E-state index contributed by atoms with van der Waals surface area (Å²) in [5.41, 5.74) is 6.89. The Morgan fingerprint density at radius 2 is 1.15 bits per heavy atom. The van der Waals surface area contributed by atoms with Crippen LogP contribution in [0.15, 0.2) is 65.3 Å². The summed E-state index contributed by atoms with van der Waals surface area (Å²) >= 11 is 0. The number of terminal acetylenes is 1. The van der Waals surface area contributed by atoms with Crippen LogP contribution in [0.4, 0.5) is 0 Å². The molecular formula is C37H46O2. The van der Waals surface area contributed by atoms with E-state index >= 15 is 0 Å². The van der Waals surface area contributed by atoms with Crippen molar-refractivity contribution in [3.8, 4) is 18.1 Å². The molecule has 39 heavy (non-hydrogen) atoms. The largest absolute Gasteiger partial charge is 0.507 e. The van der Waals surface area contributed by atoms with E-state index < -0.39 is 0 Å². The van der Waals surface area contributed by atoms with Crippen molar-refractivity contribution < 1.29 is 9.90 Å². The van der Waals surface area contributed by atoms with Crippen molar-refractivity contribution in [1.82, 2.24) is 0 Å². The normalized spacial score (nSPS) is 15.1. The van der Waals surface area contributed by atoms with Crippen LogP contribution in [0.2, 0.25) is 0 Å². The number of carbonyl (C=O) groups is 1. The molecule has 3 rings (SSSR count). The summed E-state index contributed by atoms with van der Waals surface area (Å²) in [5.74, 6) is 3.23. The van der Waals surface area contributed by atoms with Crippen molar-refractivity contribution in [2.24, 2.45) is 10.8 Å². The van der Waals surface area contributed by atoms with E-state index in [0.29, 0.717) is 5.75 Å². The van der Waals surface area contributed by atoms with Gasteiger partial charge in [0.05, 0.1) is 0 Å². The van der Waals surface area contributed by atoms with E-state index in [1.165, 1.54) is 0 Å². The molecule has 0 unspecified atom stereocenters. The van der Waals surface area contributed by atoms with Crippen LogP contribution in [0.1, 0.15) is 111 Å². The monoisotopic (exact) mass is 522 g/mol. The predicted molar refractivity (Wildman–Crippen MR) is 166 cm³/mol. The maximum absolute atomic E-state index is 13.8. The Bertz CT molecular complexity index is 1370. The molecule has 2 aromatic carbocycles. The van der Waals surface area contributed by atoms with Gasteiger partial charge in [-0.25, -0.2) is 0 Å². The van der Waals surface area contributed by atoms with Gasteiger partial charge in [-0.1, -0.05) is 101 Å². The Morgan fingerprint density at radius 1 is 0.692 bits per heavy atom. The molecule has 0 aromatic heterocycles. The summed E-state index contributed by atoms with van der Waals surface area (Å²) in [4.78, 5) is 13.8. The minimum absolute atomic E-state index is 0.104. The number of hydrogen-bond acceptors (Lipinski definition) is 2. The highest BCUT2D eigenvalue weighted by atomic mass is 16.3. The van der Waals surface area contributed by atoms with Gasteiger partial charge in [0.2, 0.25) is 0 Å². The molecule has 0 heterocycles. The van der Waals surface area contributed by atoms with E-state index in [1.807, 2.05) is 18.2 Å². The second-order valence-corrected chi connectivity index (χ2v) is 14.9. The zero-order valence-electron chi connectivity index (χ0n) is 26.1. The number of aromatic hydroxyl groups is 1. The average molecular weight is 523 g/mol. The number of phenols is 1. The first kappa shape index (κ1) is 30.2. The molecule has 0 amide bonds. The van der Waals surface area contributed by atoms with Gasteiger partial charge >= 0.3 is 0 Å². The quantitative estimate of drug-likeness (QED) is 0.399. The van der Waals surface area contributed by atoms with E-state index in [4.69, 9.17) is 6.42 Å². The minimum atomic E-state index is -0.332. The lowest BCUT2D eigenvalue weighted by molar-refractivity contribution is -0.114. The molecule has 0 radical (unpaired) electrons. The zero-order chi connectivity index (χ0) is 29.7. The van der Waals surface area contributed by atoms with Gasteiger partial charge in [0.15, 0.2) is 5.78 Å². The Kier molecular flexibility index (Phi) is 7.77. The van der Waals surface area contributed by atoms with Crippen LogP contribution in [0, 0.1) is 23.2 Å². The van der Waals surface area contributed by atoms with Crippen molar-refractivity contribution in [2.45, 2.75) is 93.9 Å². The molecule has 2 nitrogen and oxygen atoms in total. The first-order chi connectivity index (χ1) is 17.7. The molecule has 0 fully saturated rings. The number of Topliss-reactive ketones (excluding diaryl/α,β-unsaturated/α-hetero) is 1. The third-order valence-corrected chi connectivity index (χ3v) is 7.33. The Labute approximate surface area is 236 Å². The lowest BCUT2D eigenvalue weighted by Gasteiger charge is -2.32. The SMILES string of the molecule is C#Cc1cccc(C(=C2C=C(C(C)(C)C)C(=O)C(C(C)(C)C)=C2)c2cc(C(C)(C)C)c(O)c(C(C)(C)C)c2)c1. The summed E-state index contributed by atoms with van der Waals surface area (Å²) in [6, 6.07) is 12.3. The summed E-state index contributed by atoms with van der Waals surface area (Å²) in [7, 11) is 0. The molecule has 0 bridgehead atoms. The fraction of sp³-hybridized carbons (Fsp3) is 0.432. The van der Waals surface area contributed by atoms with Crippen LogP contribution in [0.5, 0.6) is 5.75 Å². The van der Waals surface area contributed by atoms with Crippen LogP contribution >= 0.6 is 0 Å². The van der Waals surface area contributed by atoms with E-state index in [-0.39, 0.29) is 27.4 Å². The topological polar surface area (TPSA) is 37.3 Å². The van der Waals surface area contributed by atoms with E-state index in [0.717, 1.165) is 50.1 Å². The van der Waals surface area contributed by atoms with E-state index in [9.17, 15) is 9.90 Å². The second kappa shape index (κ2) is 10.0. The zero-order valence-corrected chi connectivity index (χ0v) is 26.1. The third kappa shape index (κ3) is 6.30. The van der Waals surface area contributed by atoms with Crippen LogP contribution in [0.3, 0.4) is 0 Å². The van der Waals surface area contributed by atoms with Gasteiger partial charge in [0.1, 0.15) is 5.75 Å². The molecule has 2 heteroatoms. The van der Waals surface area contributed by atoms with Crippen molar-refractivity contribution in [2.75, 3.05) is 0 Å². The Morgan fingerprint density at radius 3 is 1.54 bits per heavy atom. The minimum Gasteiger partial charge on any atom is -0.507 e. The van der Waals surface area contributed by atoms with E-state index in [2.05, 4.69) is 119 Å². The number of allylic oxidation sites excluding steroid dienone is 5. The van der Waals surface area contributed by atoms with Crippen molar-refractivity contribution in [3.63, 3.8) is 0 Å². The molecule has 0 saturated heterocycles. The second-order valence-electron chi connectivity index (χ2n) is 14.9. The van der Waals surface area contributed by atoms with Crippen molar-refractivity contribution >= 4 is 11.4 Å². The summed E-state index contributed by atoms with van der Waals surface area (Å²) in [6.45, 7) is 25.3. The molecule has 2 aromatic rings. The maximum Gasteiger partial charge on any atom is 0.186 e. The smallest absolute Gasteiger partial charge is 0.186 e. The van der Waals surface area contributed by atoms with Crippen molar-refractivity contribution in [1.29, 1.82) is 0 Å². The average Bonchev–Trinajstić information content (AvgIpc) is 2.78. The molecule has 0 aliphatic heterocycles. The fourth-order valence-corrected chi connectivity index (χ4v) is 5.07. The number of ketones is 1. The number of carbonyl (C=O) groups excluding carboxylic acids is 1. The molecule has 0 atom stereocenters. The molecular weight excluding hydrogens is 476 g/mol. The Hall–Kier alpha value is -3.31. The van der Waals surface area contributed by atoms with Crippen molar-refractivity contribution in [3.05, 3.63) is 93.1 Å². The lowest BCUT2D eigenvalue weighted by atomic mass is 9.70. The van der Waals surface area contributed by atoms with Gasteiger partial charge in [-0.3, -0.25) is 4.79 Å². The highest BCUT2D eigenvalue weighted by Gasteiger charge is 2.35. The number of rotatable bonds is 2. The number of hydrogen-bond donors (Lipinski definition) is 1. The highest BCUT2D eigenvalue weighted by molar-refractivity contribution is 6.12. The highest BCUT2D eigenvalue weighted by Crippen LogP contribution is 2.45. The van der Waals surface area contributed by atoms with Crippen LogP contribution in [0.25, 0.3) is 5.57 Å². The summed E-state index contributed by atoms with van der Waals surface area (Å²) < 4.78 is 0. The number of benzene rings is 2. The molecule has 1 aliphatic carbocycles. The molecule has 0 spiro atoms. The molecule has 206 valence electrons. The molecule has 0 saturated carbocycles. The van der Waals surface area contributed by atoms with Gasteiger partial charge in [-0.15, -0.1) is 6.42 Å². The van der Waals surface area contributed by atoms with Gasteiger partial charge in [0.25, 0.3) is 0 Å². The Balaban J connectivity index is 2.61. The van der Waals surface area contributed by atoms with Gasteiger partial charge < -0.3 is 5.11 Å². The van der Waals surface area contributed by atoms with Gasteiger partial charge in [-0.05, 0) is 80.4 Å². The van der Waals surface area contributed by atoms with Gasteiger partial charge in [-0.2, -0.15) is 0 Å². The van der Waals surface area contributed by atoms with Gasteiger partial charge in [0, 0.05) is 27.8 Å². The first-order valence-corrected chi connectivity index (χ1v) is 13.8. The predicted octanol–water partition coefficient (Wildman–Crippen LogP) is 9.30. The maximum atomic E-state index is 13.8. The summed E-state index contributed by atoms with van der Waals surface area (Å²) in [5, 5.41) is 11.5. The fourth-order valence-electron chi connectivity index (χ4n) is 5.07. The number of phenolic OH excluding ortho intramolecular Hbond substituents is 1. The van der Waals surface area contributed by atoms with E-state index in [1.54, 1.807) is 0 Å². The van der Waals surface area contributed by atoms with Crippen LogP contribution < -0.4 is 0 Å². The van der Waals surface area contributed by atoms with Crippen LogP contribution in [-0.2, 0) is 15.6 Å². The lowest BCUT2D eigenvalue weighted by Crippen LogP contribution is -2.28. The molecule has 1 N–H and O–H groups in total.